The third-order valence-corrected chi connectivity index (χ3v) is 12.9. The zero-order chi connectivity index (χ0) is 65.0. The number of guanidine groups is 1. The quantitative estimate of drug-likeness (QED) is 0.0117. The molecule has 0 aliphatic heterocycles. The van der Waals surface area contributed by atoms with E-state index in [0.29, 0.717) is 22.3 Å². The number of phenolic OH excluding ortho intramolecular Hbond substituents is 3. The van der Waals surface area contributed by atoms with Gasteiger partial charge in [-0.25, -0.2) is 4.79 Å². The highest BCUT2D eigenvalue weighted by atomic mass is 16.4. The van der Waals surface area contributed by atoms with Crippen LogP contribution in [0.15, 0.2) is 108 Å². The molecule has 0 spiro atoms. The minimum atomic E-state index is -1.92. The average Bonchev–Trinajstić information content (AvgIpc) is 2.24. The SMILES string of the molecule is C[C@H](N)C(=O)N[C@@H](CCCN=C(N)N)C(=O)N[C@@H](Cc1ccc(O)cc1)C(=O)NCC(=O)NCC(=O)N[C@@H](CC(N)=O)C(=O)N[C@@H](Cc1ccc(O)cc1)C(=O)N[C@@H](Cc1ccccc1)C(=O)N[C@@H](CC(=O)O)C(=O)N[C@@H](Cc1ccc(O)cc1)C(=O)O. The van der Waals surface area contributed by atoms with E-state index in [4.69, 9.17) is 22.9 Å². The first-order chi connectivity index (χ1) is 41.6. The Morgan fingerprint density at radius 2 is 0.807 bits per heavy atom. The molecule has 31 nitrogen and oxygen atoms in total. The Bertz CT molecular complexity index is 3130. The molecule has 0 aromatic heterocycles. The lowest BCUT2D eigenvalue weighted by Gasteiger charge is -2.27. The van der Waals surface area contributed by atoms with Crippen molar-refractivity contribution in [3.8, 4) is 17.2 Å². The Morgan fingerprint density at radius 1 is 0.432 bits per heavy atom. The Kier molecular flexibility index (Phi) is 27.5. The minimum absolute atomic E-state index is 0.00283. The Hall–Kier alpha value is -10.9. The number of hydrogen-bond acceptors (Lipinski definition) is 17. The van der Waals surface area contributed by atoms with Crippen LogP contribution in [0.1, 0.15) is 54.9 Å². The van der Waals surface area contributed by atoms with E-state index < -0.39 is 145 Å². The standard InChI is InChI=1S/C57H72N14O17/c1-30(58)49(80)66-38(8-5-21-62-57(60)61)51(82)67-39(23-32-9-15-35(72)16-10-32)50(81)64-28-46(76)63-29-47(77)65-42(26-45(59)75)54(85)69-41(24-33-11-17-36(73)18-12-33)52(83)68-40(22-31-6-3-2-4-7-31)53(84)70-43(27-48(78)79)55(86)71-44(56(87)88)25-34-13-19-37(74)20-14-34/h2-4,6-7,9-20,30,38-44,72-74H,5,8,21-29,58H2,1H3,(H2,59,75)(H,63,76)(H,64,81)(H,65,77)(H,66,80)(H,67,82)(H,68,83)(H,69,85)(H,70,84)(H,71,86)(H,78,79)(H,87,88)(H4,60,61,62)/t30-,38-,39-,40-,41-,42-,43-,44-/m0/s1. The highest BCUT2D eigenvalue weighted by molar-refractivity contribution is 5.99. The number of nitrogens with zero attached hydrogens (tertiary/aromatic N) is 1. The molecule has 10 amide bonds. The molecule has 4 rings (SSSR count). The van der Waals surface area contributed by atoms with Crippen molar-refractivity contribution in [2.75, 3.05) is 19.6 Å². The van der Waals surface area contributed by atoms with Gasteiger partial charge in [0.1, 0.15) is 59.5 Å². The molecule has 0 fully saturated rings. The van der Waals surface area contributed by atoms with E-state index in [1.54, 1.807) is 30.3 Å². The van der Waals surface area contributed by atoms with Crippen LogP contribution in [-0.4, -0.2) is 170 Å². The summed E-state index contributed by atoms with van der Waals surface area (Å²) in [6, 6.07) is 11.9. The fourth-order valence-electron chi connectivity index (χ4n) is 8.29. The van der Waals surface area contributed by atoms with E-state index in [2.05, 4.69) is 52.8 Å². The monoisotopic (exact) mass is 1220 g/mol. The second kappa shape index (κ2) is 34.8. The van der Waals surface area contributed by atoms with Crippen LogP contribution in [0, 0.1) is 0 Å². The number of carboxylic acid groups (broad SMARTS) is 2. The summed E-state index contributed by atoms with van der Waals surface area (Å²) in [4.78, 5) is 163. The van der Waals surface area contributed by atoms with E-state index in [-0.39, 0.29) is 68.3 Å². The fourth-order valence-corrected chi connectivity index (χ4v) is 8.29. The second-order valence-corrected chi connectivity index (χ2v) is 20.1. The Labute approximate surface area is 503 Å². The molecule has 31 heteroatoms. The molecule has 22 N–H and O–H groups in total. The van der Waals surface area contributed by atoms with Crippen LogP contribution < -0.4 is 70.8 Å². The number of carboxylic acids is 2. The maximum absolute atomic E-state index is 14.5. The van der Waals surface area contributed by atoms with Crippen molar-refractivity contribution in [2.24, 2.45) is 27.9 Å². The lowest BCUT2D eigenvalue weighted by molar-refractivity contribution is -0.143. The van der Waals surface area contributed by atoms with Gasteiger partial charge in [-0.1, -0.05) is 66.7 Å². The number of benzene rings is 4. The second-order valence-electron chi connectivity index (χ2n) is 20.1. The number of aromatic hydroxyl groups is 3. The topological polar surface area (TPSA) is 531 Å². The number of carbonyl (C=O) groups excluding carboxylic acids is 10. The summed E-state index contributed by atoms with van der Waals surface area (Å²) in [6.07, 6.45) is -2.93. The van der Waals surface area contributed by atoms with Gasteiger partial charge in [-0.05, 0) is 78.4 Å². The van der Waals surface area contributed by atoms with Crippen molar-refractivity contribution in [3.63, 3.8) is 0 Å². The third kappa shape index (κ3) is 25.2. The number of nitrogens with two attached hydrogens (primary N) is 4. The zero-order valence-corrected chi connectivity index (χ0v) is 47.6. The first kappa shape index (κ1) is 69.6. The van der Waals surface area contributed by atoms with Crippen molar-refractivity contribution in [2.45, 2.75) is 107 Å². The van der Waals surface area contributed by atoms with E-state index in [9.17, 15) is 83.1 Å². The van der Waals surface area contributed by atoms with E-state index in [1.807, 2.05) is 0 Å². The number of phenols is 3. The molecule has 0 saturated carbocycles. The molecule has 0 radical (unpaired) electrons. The van der Waals surface area contributed by atoms with Crippen LogP contribution in [-0.2, 0) is 83.2 Å². The maximum Gasteiger partial charge on any atom is 0.326 e. The molecule has 4 aromatic rings. The molecule has 88 heavy (non-hydrogen) atoms. The molecule has 8 atom stereocenters. The third-order valence-electron chi connectivity index (χ3n) is 12.9. The molecule has 0 aliphatic carbocycles. The van der Waals surface area contributed by atoms with Crippen LogP contribution in [0.2, 0.25) is 0 Å². The van der Waals surface area contributed by atoms with Gasteiger partial charge in [0.15, 0.2) is 5.96 Å². The summed E-state index contributed by atoms with van der Waals surface area (Å²) in [6.45, 7) is -0.193. The average molecular weight is 1230 g/mol. The molecule has 0 bridgehead atoms. The largest absolute Gasteiger partial charge is 0.508 e. The highest BCUT2D eigenvalue weighted by Crippen LogP contribution is 2.16. The summed E-state index contributed by atoms with van der Waals surface area (Å²) >= 11 is 0. The number of primary amides is 1. The van der Waals surface area contributed by atoms with Crippen LogP contribution >= 0.6 is 0 Å². The lowest BCUT2D eigenvalue weighted by Crippen LogP contribution is -2.60. The number of aliphatic imine (C=N–C) groups is 1. The number of hydrogen-bond donors (Lipinski definition) is 18. The van der Waals surface area contributed by atoms with Crippen LogP contribution in [0.3, 0.4) is 0 Å². The summed E-state index contributed by atoms with van der Waals surface area (Å²) in [7, 11) is 0. The number of carbonyl (C=O) groups is 12. The van der Waals surface area contributed by atoms with Gasteiger partial charge >= 0.3 is 11.9 Å². The number of aliphatic carboxylic acids is 2. The summed E-state index contributed by atoms with van der Waals surface area (Å²) in [5.41, 5.74) is 23.5. The van der Waals surface area contributed by atoms with Gasteiger partial charge < -0.3 is 96.3 Å². The van der Waals surface area contributed by atoms with Gasteiger partial charge in [0.2, 0.25) is 59.1 Å². The van der Waals surface area contributed by atoms with Crippen LogP contribution in [0.4, 0.5) is 0 Å². The smallest absolute Gasteiger partial charge is 0.326 e. The van der Waals surface area contributed by atoms with Crippen molar-refractivity contribution >= 4 is 77.0 Å². The first-order valence-corrected chi connectivity index (χ1v) is 27.2. The molecule has 0 unspecified atom stereocenters. The summed E-state index contributed by atoms with van der Waals surface area (Å²) in [5.74, 6) is -13.9. The summed E-state index contributed by atoms with van der Waals surface area (Å²) < 4.78 is 0. The molecule has 472 valence electrons. The molecule has 0 aliphatic rings. The molecular formula is C57H72N14O17. The zero-order valence-electron chi connectivity index (χ0n) is 47.6. The predicted octanol–water partition coefficient (Wildman–Crippen LogP) is -4.46. The van der Waals surface area contributed by atoms with E-state index in [0.717, 1.165) is 0 Å². The van der Waals surface area contributed by atoms with Gasteiger partial charge in [0, 0.05) is 32.2 Å². The van der Waals surface area contributed by atoms with Crippen molar-refractivity contribution < 1.29 is 83.1 Å². The molecule has 4 aromatic carbocycles. The van der Waals surface area contributed by atoms with Gasteiger partial charge in [-0.2, -0.15) is 0 Å². The van der Waals surface area contributed by atoms with E-state index >= 15 is 0 Å². The van der Waals surface area contributed by atoms with Crippen LogP contribution in [0.5, 0.6) is 17.2 Å². The van der Waals surface area contributed by atoms with Gasteiger partial charge in [-0.15, -0.1) is 0 Å². The Balaban J connectivity index is 1.51. The fraction of sp³-hybridized carbons (Fsp3) is 0.351. The summed E-state index contributed by atoms with van der Waals surface area (Å²) in [5, 5.41) is 70.5. The lowest BCUT2D eigenvalue weighted by atomic mass is 10.0. The van der Waals surface area contributed by atoms with Gasteiger partial charge in [0.25, 0.3) is 0 Å². The Morgan fingerprint density at radius 3 is 1.24 bits per heavy atom. The minimum Gasteiger partial charge on any atom is -0.508 e. The first-order valence-electron chi connectivity index (χ1n) is 27.2. The van der Waals surface area contributed by atoms with Crippen molar-refractivity contribution in [3.05, 3.63) is 125 Å². The van der Waals surface area contributed by atoms with Crippen LogP contribution in [0.25, 0.3) is 0 Å². The van der Waals surface area contributed by atoms with Crippen molar-refractivity contribution in [1.82, 2.24) is 47.9 Å². The highest BCUT2D eigenvalue weighted by Gasteiger charge is 2.35. The van der Waals surface area contributed by atoms with Gasteiger partial charge in [-0.3, -0.25) is 57.7 Å². The maximum atomic E-state index is 14.5. The molecular weight excluding hydrogens is 1150 g/mol. The van der Waals surface area contributed by atoms with Crippen molar-refractivity contribution in [1.29, 1.82) is 0 Å². The number of amides is 10. The van der Waals surface area contributed by atoms with Gasteiger partial charge in [0.05, 0.1) is 32.0 Å². The normalized spacial score (nSPS) is 13.5. The molecule has 0 saturated heterocycles. The van der Waals surface area contributed by atoms with E-state index in [1.165, 1.54) is 79.7 Å². The predicted molar refractivity (Wildman–Crippen MR) is 312 cm³/mol. The number of nitrogens with one attached hydrogen (secondary N) is 9. The number of rotatable bonds is 35. The molecule has 0 heterocycles.